The van der Waals surface area contributed by atoms with Gasteiger partial charge in [-0.05, 0) is 0 Å². The summed E-state index contributed by atoms with van der Waals surface area (Å²) in [5, 5.41) is 5.25. The number of para-hydroxylation sites is 4. The minimum absolute atomic E-state index is 0. The zero-order valence-corrected chi connectivity index (χ0v) is 29.3. The topological polar surface area (TPSA) is 9.86 Å². The largest absolute Gasteiger partial charge is 1.00 e. The fourth-order valence-corrected chi connectivity index (χ4v) is 12.0. The number of benzene rings is 6. The molecule has 0 bridgehead atoms. The van der Waals surface area contributed by atoms with E-state index in [0.717, 1.165) is 0 Å². The van der Waals surface area contributed by atoms with Crippen molar-refractivity contribution in [3.63, 3.8) is 0 Å². The number of halogens is 2. The van der Waals surface area contributed by atoms with Crippen molar-refractivity contribution in [3.8, 4) is 11.4 Å². The summed E-state index contributed by atoms with van der Waals surface area (Å²) in [6, 6.07) is 49.2. The molecule has 0 N–H and O–H groups in total. The van der Waals surface area contributed by atoms with Crippen LogP contribution in [0.25, 0.3) is 67.1 Å². The predicted octanol–water partition coefficient (Wildman–Crippen LogP) is 4.81. The first-order valence-corrected chi connectivity index (χ1v) is 18.5. The number of aromatic nitrogens is 2. The van der Waals surface area contributed by atoms with Gasteiger partial charge >= 0.3 is 275 Å². The molecule has 2 aliphatic rings. The summed E-state index contributed by atoms with van der Waals surface area (Å²) in [6.45, 7) is 0. The number of allylic oxidation sites excluding steroid dienone is 2. The van der Waals surface area contributed by atoms with E-state index in [4.69, 9.17) is 0 Å². The van der Waals surface area contributed by atoms with Crippen LogP contribution in [-0.4, -0.2) is 9.13 Å². The quantitative estimate of drug-likeness (QED) is 0.247. The van der Waals surface area contributed by atoms with Crippen molar-refractivity contribution >= 4 is 55.8 Å². The molecule has 0 aliphatic heterocycles. The van der Waals surface area contributed by atoms with Gasteiger partial charge in [-0.25, -0.2) is 0 Å². The summed E-state index contributed by atoms with van der Waals surface area (Å²) in [5.74, 6) is 0. The molecule has 47 heavy (non-hydrogen) atoms. The summed E-state index contributed by atoms with van der Waals surface area (Å²) < 4.78 is 6.02. The molecule has 2 atom stereocenters. The Morgan fingerprint density at radius 1 is 0.383 bits per heavy atom. The predicted molar refractivity (Wildman–Crippen MR) is 185 cm³/mol. The molecule has 2 heterocycles. The Bertz CT molecular complexity index is 2270. The molecule has 2 nitrogen and oxygen atoms in total. The third kappa shape index (κ3) is 4.48. The van der Waals surface area contributed by atoms with E-state index < -0.39 is 23.2 Å². The van der Waals surface area contributed by atoms with Gasteiger partial charge < -0.3 is 24.8 Å². The van der Waals surface area contributed by atoms with Crippen molar-refractivity contribution in [1.82, 2.24) is 9.13 Å². The maximum Gasteiger partial charge on any atom is -1.00 e. The molecule has 0 saturated heterocycles. The van der Waals surface area contributed by atoms with Gasteiger partial charge in [-0.3, -0.25) is 0 Å². The molecule has 0 spiro atoms. The van der Waals surface area contributed by atoms with E-state index in [9.17, 15) is 0 Å². The second kappa shape index (κ2) is 11.8. The molecule has 6 aromatic carbocycles. The number of hydrogen-bond acceptors (Lipinski definition) is 0. The smallest absolute Gasteiger partial charge is 1.00 e. The second-order valence-corrected chi connectivity index (χ2v) is 16.0. The van der Waals surface area contributed by atoms with Gasteiger partial charge in [-0.15, -0.1) is 0 Å². The van der Waals surface area contributed by atoms with E-state index in [-0.39, 0.29) is 24.8 Å². The van der Waals surface area contributed by atoms with Crippen molar-refractivity contribution in [1.29, 1.82) is 0 Å². The van der Waals surface area contributed by atoms with Gasteiger partial charge in [0.15, 0.2) is 0 Å². The molecule has 0 fully saturated rings. The Balaban J connectivity index is 0.00000162. The molecule has 0 saturated carbocycles. The molecule has 2 aromatic heterocycles. The maximum absolute atomic E-state index is 2.51. The molecule has 2 aliphatic carbocycles. The SMILES string of the molecule is C1=C[CH]([Zr+2][CH]2C=Cc3c2cccc3-n2c3ccccc3c3ccccc32)c2cccc(-n3c4ccccc4c4ccccc43)c21.[Cl-].[Cl-]. The van der Waals surface area contributed by atoms with Crippen LogP contribution >= 0.6 is 0 Å². The monoisotopic (exact) mass is 720 g/mol. The Labute approximate surface area is 297 Å². The van der Waals surface area contributed by atoms with E-state index in [1.165, 1.54) is 77.2 Å². The molecule has 0 amide bonds. The van der Waals surface area contributed by atoms with Crippen LogP contribution in [0.15, 0.2) is 146 Å². The minimum Gasteiger partial charge on any atom is -1.00 e. The van der Waals surface area contributed by atoms with Gasteiger partial charge in [0.1, 0.15) is 0 Å². The van der Waals surface area contributed by atoms with E-state index >= 15 is 0 Å². The Morgan fingerprint density at radius 3 is 1.09 bits per heavy atom. The third-order valence-corrected chi connectivity index (χ3v) is 14.1. The van der Waals surface area contributed by atoms with Gasteiger partial charge in [0.25, 0.3) is 0 Å². The number of fused-ring (bicyclic) bond motifs is 8. The van der Waals surface area contributed by atoms with E-state index in [1.807, 2.05) is 0 Å². The van der Waals surface area contributed by atoms with Crippen LogP contribution in [0, 0.1) is 0 Å². The molecular weight excluding hydrogens is 695 g/mol. The zero-order chi connectivity index (χ0) is 29.5. The van der Waals surface area contributed by atoms with Crippen LogP contribution in [0.5, 0.6) is 0 Å². The van der Waals surface area contributed by atoms with Crippen molar-refractivity contribution in [2.24, 2.45) is 0 Å². The molecule has 10 rings (SSSR count). The summed E-state index contributed by atoms with van der Waals surface area (Å²) in [5.41, 5.74) is 13.4. The summed E-state index contributed by atoms with van der Waals surface area (Å²) in [4.78, 5) is 0. The van der Waals surface area contributed by atoms with Crippen LogP contribution < -0.4 is 24.8 Å². The van der Waals surface area contributed by atoms with E-state index in [1.54, 1.807) is 0 Å². The molecule has 0 radical (unpaired) electrons. The molecule has 224 valence electrons. The standard InChI is InChI=1S/2C21H14N.2ClH.Zr/c2*1-3-12-20-17(9-1)18-10-2-4-13-21(18)22(20)19-14-6-8-15-7-5-11-16(15)19;;;/h2*1-14H;2*1H;/q;;;;+2/p-2. The zero-order valence-electron chi connectivity index (χ0n) is 25.3. The second-order valence-electron chi connectivity index (χ2n) is 12.1. The van der Waals surface area contributed by atoms with Crippen molar-refractivity contribution in [3.05, 3.63) is 168 Å². The fourth-order valence-electron chi connectivity index (χ4n) is 7.88. The Morgan fingerprint density at radius 2 is 0.723 bits per heavy atom. The first-order valence-electron chi connectivity index (χ1n) is 15.7. The van der Waals surface area contributed by atoms with Gasteiger partial charge in [0.2, 0.25) is 0 Å². The first kappa shape index (κ1) is 30.2. The third-order valence-electron chi connectivity index (χ3n) is 9.82. The van der Waals surface area contributed by atoms with Crippen molar-refractivity contribution in [2.75, 3.05) is 0 Å². The van der Waals surface area contributed by atoms with Crippen LogP contribution in [0.1, 0.15) is 29.5 Å². The van der Waals surface area contributed by atoms with Crippen LogP contribution in [-0.2, 0) is 23.2 Å². The average Bonchev–Trinajstić information content (AvgIpc) is 3.86. The van der Waals surface area contributed by atoms with E-state index in [0.29, 0.717) is 7.25 Å². The Hall–Kier alpha value is -4.14. The molecule has 8 aromatic rings. The maximum atomic E-state index is 2.51. The van der Waals surface area contributed by atoms with Gasteiger partial charge in [-0.2, -0.15) is 0 Å². The van der Waals surface area contributed by atoms with Gasteiger partial charge in [0.05, 0.1) is 0 Å². The normalized spacial score (nSPS) is 15.9. The minimum atomic E-state index is -0.941. The Kier molecular flexibility index (Phi) is 7.61. The number of hydrogen-bond donors (Lipinski definition) is 0. The van der Waals surface area contributed by atoms with E-state index in [2.05, 4.69) is 167 Å². The first-order chi connectivity index (χ1) is 22.3. The van der Waals surface area contributed by atoms with Crippen LogP contribution in [0.3, 0.4) is 0 Å². The summed E-state index contributed by atoms with van der Waals surface area (Å²) in [6.07, 6.45) is 9.84. The molecular formula is C42H28Cl2N2Zr. The van der Waals surface area contributed by atoms with Crippen LogP contribution in [0.4, 0.5) is 0 Å². The number of nitrogens with zero attached hydrogens (tertiary/aromatic N) is 2. The van der Waals surface area contributed by atoms with Crippen molar-refractivity contribution < 1.29 is 48.0 Å². The molecule has 5 heteroatoms. The summed E-state index contributed by atoms with van der Waals surface area (Å²) >= 11 is -0.941. The molecule has 2 unspecified atom stereocenters. The van der Waals surface area contributed by atoms with Gasteiger partial charge in [-0.1, -0.05) is 0 Å². The fraction of sp³-hybridized carbons (Fsp3) is 0.0476. The number of rotatable bonds is 4. The van der Waals surface area contributed by atoms with Crippen LogP contribution in [0.2, 0.25) is 0 Å². The van der Waals surface area contributed by atoms with Crippen molar-refractivity contribution in [2.45, 2.75) is 7.25 Å². The average molecular weight is 723 g/mol. The van der Waals surface area contributed by atoms with Gasteiger partial charge in [0, 0.05) is 0 Å². The summed E-state index contributed by atoms with van der Waals surface area (Å²) in [7, 11) is 0.